The molecule has 0 bridgehead atoms. The molecule has 3 nitrogen and oxygen atoms in total. The van der Waals surface area contributed by atoms with Crippen LogP contribution in [-0.4, -0.2) is 18.9 Å². The molecule has 1 rings (SSSR count). The zero-order chi connectivity index (χ0) is 13.4. The minimum Gasteiger partial charge on any atom is -0.463 e. The molecule has 0 aliphatic rings. The Morgan fingerprint density at radius 3 is 2.78 bits per heavy atom. The third-order valence-corrected chi connectivity index (χ3v) is 2.57. The first-order valence-electron chi connectivity index (χ1n) is 6.05. The van der Waals surface area contributed by atoms with E-state index in [1.807, 2.05) is 25.1 Å². The van der Waals surface area contributed by atoms with Crippen LogP contribution in [0.5, 0.6) is 0 Å². The highest BCUT2D eigenvalue weighted by molar-refractivity contribution is 5.82. The fraction of sp³-hybridized carbons (Fsp3) is 0.333. The van der Waals surface area contributed by atoms with Gasteiger partial charge in [-0.05, 0) is 24.8 Å². The predicted molar refractivity (Wildman–Crippen MR) is 70.5 cm³/mol. The first kappa shape index (κ1) is 14.2. The Bertz CT molecular complexity index is 435. The highest BCUT2D eigenvalue weighted by Crippen LogP contribution is 2.13. The number of ether oxygens (including phenoxy) is 1. The van der Waals surface area contributed by atoms with Crippen molar-refractivity contribution in [3.8, 4) is 0 Å². The van der Waals surface area contributed by atoms with Crippen LogP contribution in [0.2, 0.25) is 0 Å². The normalized spacial score (nSPS) is 12.3. The van der Waals surface area contributed by atoms with Crippen molar-refractivity contribution < 1.29 is 14.3 Å². The number of hydrogen-bond donors (Lipinski definition) is 0. The predicted octanol–water partition coefficient (Wildman–Crippen LogP) is 2.80. The quantitative estimate of drug-likeness (QED) is 0.440. The molecule has 18 heavy (non-hydrogen) atoms. The molecular formula is C15H18O3. The number of esters is 1. The van der Waals surface area contributed by atoms with E-state index in [2.05, 4.69) is 0 Å². The van der Waals surface area contributed by atoms with Gasteiger partial charge < -0.3 is 4.74 Å². The summed E-state index contributed by atoms with van der Waals surface area (Å²) in [7, 11) is 0. The van der Waals surface area contributed by atoms with Crippen molar-refractivity contribution in [1.29, 1.82) is 0 Å². The number of rotatable bonds is 6. The third kappa shape index (κ3) is 4.53. The maximum absolute atomic E-state index is 11.2. The van der Waals surface area contributed by atoms with E-state index in [9.17, 15) is 9.59 Å². The van der Waals surface area contributed by atoms with Gasteiger partial charge in [0.1, 0.15) is 6.29 Å². The summed E-state index contributed by atoms with van der Waals surface area (Å²) in [6.45, 7) is 4.15. The molecule has 0 amide bonds. The van der Waals surface area contributed by atoms with Gasteiger partial charge in [0.05, 0.1) is 6.61 Å². The Balaban J connectivity index is 2.61. The van der Waals surface area contributed by atoms with E-state index in [0.29, 0.717) is 12.2 Å². The lowest BCUT2D eigenvalue weighted by Gasteiger charge is -2.08. The van der Waals surface area contributed by atoms with Gasteiger partial charge in [-0.15, -0.1) is 0 Å². The summed E-state index contributed by atoms with van der Waals surface area (Å²) in [6, 6.07) is 7.47. The Morgan fingerprint density at radius 1 is 1.39 bits per heavy atom. The van der Waals surface area contributed by atoms with E-state index in [1.165, 1.54) is 6.08 Å². The van der Waals surface area contributed by atoms with Crippen molar-refractivity contribution in [1.82, 2.24) is 0 Å². The minimum absolute atomic E-state index is 0.176. The van der Waals surface area contributed by atoms with Crippen molar-refractivity contribution in [2.24, 2.45) is 5.92 Å². The van der Waals surface area contributed by atoms with Crippen LogP contribution in [0.1, 0.15) is 29.8 Å². The van der Waals surface area contributed by atoms with Gasteiger partial charge in [-0.3, -0.25) is 4.79 Å². The molecule has 0 radical (unpaired) electrons. The van der Waals surface area contributed by atoms with E-state index in [-0.39, 0.29) is 11.9 Å². The lowest BCUT2D eigenvalue weighted by atomic mass is 9.97. The van der Waals surface area contributed by atoms with E-state index >= 15 is 0 Å². The molecular weight excluding hydrogens is 228 g/mol. The van der Waals surface area contributed by atoms with Gasteiger partial charge in [0.25, 0.3) is 0 Å². The second-order valence-electron chi connectivity index (χ2n) is 4.11. The molecule has 0 aromatic heterocycles. The summed E-state index contributed by atoms with van der Waals surface area (Å²) < 4.78 is 4.81. The molecule has 0 N–H and O–H groups in total. The molecule has 1 unspecified atom stereocenters. The highest BCUT2D eigenvalue weighted by Gasteiger charge is 2.05. The summed E-state index contributed by atoms with van der Waals surface area (Å²) in [5.41, 5.74) is 1.70. The zero-order valence-corrected chi connectivity index (χ0v) is 10.8. The van der Waals surface area contributed by atoms with Gasteiger partial charge in [0.2, 0.25) is 0 Å². The average Bonchev–Trinajstić information content (AvgIpc) is 2.37. The number of hydrogen-bond acceptors (Lipinski definition) is 3. The smallest absolute Gasteiger partial charge is 0.330 e. The van der Waals surface area contributed by atoms with Crippen LogP contribution in [-0.2, 0) is 16.0 Å². The Morgan fingerprint density at radius 2 is 2.11 bits per heavy atom. The first-order chi connectivity index (χ1) is 8.67. The largest absolute Gasteiger partial charge is 0.463 e. The molecule has 0 heterocycles. The fourth-order valence-corrected chi connectivity index (χ4v) is 1.68. The van der Waals surface area contributed by atoms with Crippen LogP contribution < -0.4 is 0 Å². The van der Waals surface area contributed by atoms with E-state index < -0.39 is 0 Å². The molecule has 0 aliphatic heterocycles. The van der Waals surface area contributed by atoms with Crippen LogP contribution >= 0.6 is 0 Å². The third-order valence-electron chi connectivity index (χ3n) is 2.57. The van der Waals surface area contributed by atoms with Crippen molar-refractivity contribution in [3.05, 3.63) is 47.5 Å². The van der Waals surface area contributed by atoms with Gasteiger partial charge in [-0.1, -0.05) is 37.3 Å². The molecule has 0 fully saturated rings. The first-order valence-corrected chi connectivity index (χ1v) is 6.05. The number of carbonyl (C=O) groups is 2. The molecule has 1 aromatic rings. The van der Waals surface area contributed by atoms with Crippen LogP contribution in [0.3, 0.4) is 0 Å². The van der Waals surface area contributed by atoms with Crippen LogP contribution in [0, 0.1) is 5.92 Å². The van der Waals surface area contributed by atoms with Crippen molar-refractivity contribution in [2.45, 2.75) is 20.3 Å². The minimum atomic E-state index is -0.326. The van der Waals surface area contributed by atoms with E-state index in [0.717, 1.165) is 18.3 Å². The molecule has 0 spiro atoms. The fourth-order valence-electron chi connectivity index (χ4n) is 1.68. The number of carbonyl (C=O) groups excluding carboxylic acids is 2. The van der Waals surface area contributed by atoms with Gasteiger partial charge in [-0.2, -0.15) is 0 Å². The summed E-state index contributed by atoms with van der Waals surface area (Å²) in [5.74, 6) is -0.150. The van der Waals surface area contributed by atoms with Crippen LogP contribution in [0.15, 0.2) is 36.4 Å². The zero-order valence-electron chi connectivity index (χ0n) is 10.8. The second kappa shape index (κ2) is 7.43. The average molecular weight is 246 g/mol. The summed E-state index contributed by atoms with van der Waals surface area (Å²) in [6.07, 6.45) is 4.83. The van der Waals surface area contributed by atoms with E-state index in [1.54, 1.807) is 19.1 Å². The van der Waals surface area contributed by atoms with Gasteiger partial charge in [0.15, 0.2) is 0 Å². The molecule has 1 aromatic carbocycles. The topological polar surface area (TPSA) is 43.4 Å². The van der Waals surface area contributed by atoms with Gasteiger partial charge in [0, 0.05) is 11.6 Å². The standard InChI is InChI=1S/C15H18O3/c1-3-18-15(17)9-8-12(2)10-13-6-4-5-7-14(13)11-16/h4-9,11-12H,3,10H2,1-2H3/b9-8+. The van der Waals surface area contributed by atoms with Gasteiger partial charge in [-0.25, -0.2) is 4.79 Å². The van der Waals surface area contributed by atoms with Crippen molar-refractivity contribution >= 4 is 12.3 Å². The highest BCUT2D eigenvalue weighted by atomic mass is 16.5. The molecule has 0 saturated heterocycles. The van der Waals surface area contributed by atoms with E-state index in [4.69, 9.17) is 4.74 Å². The van der Waals surface area contributed by atoms with Crippen molar-refractivity contribution in [2.75, 3.05) is 6.61 Å². The molecule has 0 aliphatic carbocycles. The SMILES string of the molecule is CCOC(=O)/C=C/C(C)Cc1ccccc1C=O. The molecule has 3 heteroatoms. The summed E-state index contributed by atoms with van der Waals surface area (Å²) in [4.78, 5) is 22.0. The summed E-state index contributed by atoms with van der Waals surface area (Å²) in [5, 5.41) is 0. The number of allylic oxidation sites excluding steroid dienone is 1. The Labute approximate surface area is 107 Å². The number of aldehydes is 1. The maximum atomic E-state index is 11.2. The lowest BCUT2D eigenvalue weighted by Crippen LogP contribution is -2.03. The number of benzene rings is 1. The molecule has 1 atom stereocenters. The lowest BCUT2D eigenvalue weighted by molar-refractivity contribution is -0.137. The Hall–Kier alpha value is -1.90. The summed E-state index contributed by atoms with van der Waals surface area (Å²) >= 11 is 0. The van der Waals surface area contributed by atoms with Gasteiger partial charge >= 0.3 is 5.97 Å². The van der Waals surface area contributed by atoms with Crippen LogP contribution in [0.25, 0.3) is 0 Å². The molecule has 0 saturated carbocycles. The van der Waals surface area contributed by atoms with Crippen LogP contribution in [0.4, 0.5) is 0 Å². The Kier molecular flexibility index (Phi) is 5.85. The second-order valence-corrected chi connectivity index (χ2v) is 4.11. The maximum Gasteiger partial charge on any atom is 0.330 e. The monoisotopic (exact) mass is 246 g/mol. The van der Waals surface area contributed by atoms with Crippen molar-refractivity contribution in [3.63, 3.8) is 0 Å². The molecule has 96 valence electrons.